The summed E-state index contributed by atoms with van der Waals surface area (Å²) < 4.78 is 0. The number of rotatable bonds is 6. The molecule has 0 spiro atoms. The topological polar surface area (TPSA) is 57.7 Å². The molecule has 1 aliphatic rings. The number of nitrogens with zero attached hydrogens (tertiary/aromatic N) is 2. The van der Waals surface area contributed by atoms with E-state index in [9.17, 15) is 14.4 Å². The van der Waals surface area contributed by atoms with E-state index in [-0.39, 0.29) is 29.8 Å². The third-order valence-corrected chi connectivity index (χ3v) is 5.03. The van der Waals surface area contributed by atoms with Crippen LogP contribution in [0.2, 0.25) is 0 Å². The number of carbonyl (C=O) groups excluding carboxylic acids is 3. The van der Waals surface area contributed by atoms with Gasteiger partial charge in [-0.25, -0.2) is 0 Å². The number of hydrogen-bond acceptors (Lipinski definition) is 3. The number of benzene rings is 3. The van der Waals surface area contributed by atoms with Crippen LogP contribution in [0.3, 0.4) is 0 Å². The molecule has 0 N–H and O–H groups in total. The number of imide groups is 1. The Bertz CT molecular complexity index is 1120. The molecular formula is C25H20N2O3. The maximum Gasteiger partial charge on any atom is 0.261 e. The largest absolute Gasteiger partial charge is 0.305 e. The summed E-state index contributed by atoms with van der Waals surface area (Å²) in [6.45, 7) is 4.26. The first-order chi connectivity index (χ1) is 14.6. The lowest BCUT2D eigenvalue weighted by atomic mass is 10.0. The first-order valence-corrected chi connectivity index (χ1v) is 9.62. The zero-order valence-electron chi connectivity index (χ0n) is 16.3. The van der Waals surface area contributed by atoms with Crippen LogP contribution in [-0.4, -0.2) is 29.2 Å². The van der Waals surface area contributed by atoms with Gasteiger partial charge in [0.1, 0.15) is 0 Å². The highest BCUT2D eigenvalue weighted by atomic mass is 16.2. The van der Waals surface area contributed by atoms with Gasteiger partial charge in [0.25, 0.3) is 17.7 Å². The first-order valence-electron chi connectivity index (χ1n) is 9.62. The van der Waals surface area contributed by atoms with Crippen LogP contribution in [0.5, 0.6) is 0 Å². The average Bonchev–Trinajstić information content (AvgIpc) is 3.02. The second-order valence-electron chi connectivity index (χ2n) is 6.98. The number of anilines is 1. The Kier molecular flexibility index (Phi) is 5.26. The maximum atomic E-state index is 13.2. The zero-order valence-corrected chi connectivity index (χ0v) is 16.3. The minimum Gasteiger partial charge on any atom is -0.305 e. The van der Waals surface area contributed by atoms with Crippen LogP contribution >= 0.6 is 0 Å². The van der Waals surface area contributed by atoms with Crippen molar-refractivity contribution in [2.24, 2.45) is 0 Å². The van der Waals surface area contributed by atoms with Gasteiger partial charge in [-0.2, -0.15) is 0 Å². The Balaban J connectivity index is 1.63. The van der Waals surface area contributed by atoms with Crippen molar-refractivity contribution >= 4 is 23.4 Å². The fraction of sp³-hybridized carbons (Fsp3) is 0.0800. The van der Waals surface area contributed by atoms with E-state index in [2.05, 4.69) is 6.58 Å². The van der Waals surface area contributed by atoms with E-state index in [0.717, 1.165) is 11.3 Å². The summed E-state index contributed by atoms with van der Waals surface area (Å²) in [5.74, 6) is -0.988. The minimum atomic E-state index is -0.386. The maximum absolute atomic E-state index is 13.2. The van der Waals surface area contributed by atoms with Crippen molar-refractivity contribution in [3.8, 4) is 0 Å². The predicted molar refractivity (Wildman–Crippen MR) is 115 cm³/mol. The second-order valence-corrected chi connectivity index (χ2v) is 6.98. The van der Waals surface area contributed by atoms with Gasteiger partial charge in [-0.15, -0.1) is 6.58 Å². The van der Waals surface area contributed by atoms with Crippen LogP contribution in [0.1, 0.15) is 36.6 Å². The van der Waals surface area contributed by atoms with Crippen molar-refractivity contribution in [3.63, 3.8) is 0 Å². The molecule has 30 heavy (non-hydrogen) atoms. The van der Waals surface area contributed by atoms with Gasteiger partial charge in [0.15, 0.2) is 0 Å². The fourth-order valence-electron chi connectivity index (χ4n) is 3.53. The molecule has 0 atom stereocenters. The quantitative estimate of drug-likeness (QED) is 0.461. The Morgan fingerprint density at radius 1 is 0.867 bits per heavy atom. The fourth-order valence-corrected chi connectivity index (χ4v) is 3.53. The van der Waals surface area contributed by atoms with Gasteiger partial charge >= 0.3 is 0 Å². The van der Waals surface area contributed by atoms with E-state index in [1.807, 2.05) is 60.7 Å². The summed E-state index contributed by atoms with van der Waals surface area (Å²) in [4.78, 5) is 41.6. The molecule has 5 heteroatoms. The first kappa shape index (κ1) is 19.3. The van der Waals surface area contributed by atoms with Crippen LogP contribution < -0.4 is 4.90 Å². The van der Waals surface area contributed by atoms with E-state index in [1.165, 1.54) is 11.0 Å². The van der Waals surface area contributed by atoms with Crippen molar-refractivity contribution in [3.05, 3.63) is 114 Å². The molecule has 0 unspecified atom stereocenters. The highest BCUT2D eigenvalue weighted by Gasteiger charge is 2.36. The molecule has 3 aromatic carbocycles. The summed E-state index contributed by atoms with van der Waals surface area (Å²) in [5, 5.41) is 0. The standard InChI is InChI=1S/C25H20N2O3/c1-2-15-26(20-11-7-4-8-12-20)23(28)19-13-14-21-22(16-19)25(30)27(24(21)29)17-18-9-5-3-6-10-18/h2-14,16H,1,15,17H2. The van der Waals surface area contributed by atoms with Crippen molar-refractivity contribution in [1.29, 1.82) is 0 Å². The molecule has 148 valence electrons. The molecule has 0 aliphatic carbocycles. The Labute approximate surface area is 174 Å². The van der Waals surface area contributed by atoms with Crippen LogP contribution in [0.25, 0.3) is 0 Å². The van der Waals surface area contributed by atoms with E-state index in [1.54, 1.807) is 23.1 Å². The summed E-state index contributed by atoms with van der Waals surface area (Å²) in [5.41, 5.74) is 2.53. The van der Waals surface area contributed by atoms with Crippen molar-refractivity contribution in [2.45, 2.75) is 6.54 Å². The molecule has 4 rings (SSSR count). The van der Waals surface area contributed by atoms with Crippen molar-refractivity contribution < 1.29 is 14.4 Å². The van der Waals surface area contributed by atoms with Crippen molar-refractivity contribution in [2.75, 3.05) is 11.4 Å². The van der Waals surface area contributed by atoms with E-state index >= 15 is 0 Å². The van der Waals surface area contributed by atoms with Gasteiger partial charge in [-0.3, -0.25) is 19.3 Å². The van der Waals surface area contributed by atoms with Gasteiger partial charge in [-0.1, -0.05) is 54.6 Å². The third kappa shape index (κ3) is 3.53. The lowest BCUT2D eigenvalue weighted by molar-refractivity contribution is 0.0642. The van der Waals surface area contributed by atoms with Crippen LogP contribution in [0.15, 0.2) is 91.5 Å². The molecule has 5 nitrogen and oxygen atoms in total. The Morgan fingerprint density at radius 2 is 1.50 bits per heavy atom. The number of para-hydroxylation sites is 1. The molecule has 1 heterocycles. The monoisotopic (exact) mass is 396 g/mol. The van der Waals surface area contributed by atoms with E-state index in [0.29, 0.717) is 17.7 Å². The Hall–Kier alpha value is -3.99. The number of amides is 3. The molecule has 3 amide bonds. The molecule has 0 aromatic heterocycles. The van der Waals surface area contributed by atoms with Crippen LogP contribution in [-0.2, 0) is 6.54 Å². The molecule has 0 bridgehead atoms. The van der Waals surface area contributed by atoms with Gasteiger partial charge in [-0.05, 0) is 35.9 Å². The van der Waals surface area contributed by atoms with Gasteiger partial charge in [0, 0.05) is 17.8 Å². The molecular weight excluding hydrogens is 376 g/mol. The van der Waals surface area contributed by atoms with E-state index in [4.69, 9.17) is 0 Å². The zero-order chi connectivity index (χ0) is 21.1. The summed E-state index contributed by atoms with van der Waals surface area (Å²) in [7, 11) is 0. The average molecular weight is 396 g/mol. The van der Waals surface area contributed by atoms with Gasteiger partial charge in [0.2, 0.25) is 0 Å². The lowest BCUT2D eigenvalue weighted by Gasteiger charge is -2.21. The second kappa shape index (κ2) is 8.17. The number of carbonyl (C=O) groups is 3. The Morgan fingerprint density at radius 3 is 2.17 bits per heavy atom. The molecule has 3 aromatic rings. The van der Waals surface area contributed by atoms with Crippen LogP contribution in [0, 0.1) is 0 Å². The van der Waals surface area contributed by atoms with E-state index < -0.39 is 0 Å². The molecule has 0 saturated carbocycles. The SMILES string of the molecule is C=CCN(C(=O)c1ccc2c(c1)C(=O)N(Cc1ccccc1)C2=O)c1ccccc1. The summed E-state index contributed by atoms with van der Waals surface area (Å²) in [6.07, 6.45) is 1.65. The summed E-state index contributed by atoms with van der Waals surface area (Å²) in [6, 6.07) is 23.3. The number of fused-ring (bicyclic) bond motifs is 1. The lowest BCUT2D eigenvalue weighted by Crippen LogP contribution is -2.31. The normalized spacial score (nSPS) is 12.6. The predicted octanol–water partition coefficient (Wildman–Crippen LogP) is 4.32. The smallest absolute Gasteiger partial charge is 0.261 e. The highest BCUT2D eigenvalue weighted by Crippen LogP contribution is 2.27. The third-order valence-electron chi connectivity index (χ3n) is 5.03. The van der Waals surface area contributed by atoms with Crippen LogP contribution in [0.4, 0.5) is 5.69 Å². The minimum absolute atomic E-state index is 0.197. The molecule has 0 fully saturated rings. The van der Waals surface area contributed by atoms with Gasteiger partial charge in [0.05, 0.1) is 17.7 Å². The van der Waals surface area contributed by atoms with Gasteiger partial charge < -0.3 is 4.90 Å². The number of hydrogen-bond donors (Lipinski definition) is 0. The molecule has 0 saturated heterocycles. The summed E-state index contributed by atoms with van der Waals surface area (Å²) >= 11 is 0. The van der Waals surface area contributed by atoms with Crippen molar-refractivity contribution in [1.82, 2.24) is 4.90 Å². The molecule has 0 radical (unpaired) electrons. The highest BCUT2D eigenvalue weighted by molar-refractivity contribution is 6.22. The molecule has 1 aliphatic heterocycles.